The van der Waals surface area contributed by atoms with E-state index in [4.69, 9.17) is 5.73 Å². The molecule has 1 aromatic carbocycles. The van der Waals surface area contributed by atoms with Crippen molar-refractivity contribution in [3.05, 3.63) is 36.0 Å². The smallest absolute Gasteiger partial charge is 0.0457 e. The molecule has 68 valence electrons. The lowest BCUT2D eigenvalue weighted by atomic mass is 10.1. The van der Waals surface area contributed by atoms with Crippen molar-refractivity contribution < 1.29 is 0 Å². The molecule has 1 atom stereocenters. The fourth-order valence-electron chi connectivity index (χ4n) is 1.62. The van der Waals surface area contributed by atoms with E-state index in [1.807, 2.05) is 18.3 Å². The molecule has 0 bridgehead atoms. The molecule has 0 aliphatic heterocycles. The lowest BCUT2D eigenvalue weighted by Crippen LogP contribution is -2.07. The van der Waals surface area contributed by atoms with Gasteiger partial charge in [-0.3, -0.25) is 0 Å². The van der Waals surface area contributed by atoms with Gasteiger partial charge in [-0.2, -0.15) is 0 Å². The summed E-state index contributed by atoms with van der Waals surface area (Å²) in [5.74, 6) is 0. The average molecular weight is 174 g/mol. The van der Waals surface area contributed by atoms with Crippen LogP contribution in [0.2, 0.25) is 0 Å². The van der Waals surface area contributed by atoms with Gasteiger partial charge in [-0.15, -0.1) is 0 Å². The van der Waals surface area contributed by atoms with E-state index in [1.165, 1.54) is 16.5 Å². The summed E-state index contributed by atoms with van der Waals surface area (Å²) in [6.07, 6.45) is 2.99. The second kappa shape index (κ2) is 3.23. The highest BCUT2D eigenvalue weighted by atomic mass is 14.7. The summed E-state index contributed by atoms with van der Waals surface area (Å²) in [6.45, 7) is 2.10. The van der Waals surface area contributed by atoms with Gasteiger partial charge in [0.15, 0.2) is 0 Å². The van der Waals surface area contributed by atoms with E-state index in [9.17, 15) is 0 Å². The van der Waals surface area contributed by atoms with Gasteiger partial charge in [0.05, 0.1) is 0 Å². The summed E-state index contributed by atoms with van der Waals surface area (Å²) in [5.41, 5.74) is 8.37. The number of benzene rings is 1. The molecule has 13 heavy (non-hydrogen) atoms. The molecule has 1 aromatic heterocycles. The van der Waals surface area contributed by atoms with E-state index in [2.05, 4.69) is 24.0 Å². The second-order valence-electron chi connectivity index (χ2n) is 3.30. The third-order valence-electron chi connectivity index (χ3n) is 2.46. The minimum atomic E-state index is 0.149. The summed E-state index contributed by atoms with van der Waals surface area (Å²) in [6, 6.07) is 8.40. The van der Waals surface area contributed by atoms with E-state index in [-0.39, 0.29) is 6.04 Å². The number of hydrogen-bond donors (Lipinski definition) is 2. The molecule has 2 aromatic rings. The third kappa shape index (κ3) is 1.33. The Labute approximate surface area is 77.8 Å². The Hall–Kier alpha value is -1.28. The summed E-state index contributed by atoms with van der Waals surface area (Å²) >= 11 is 0. The molecule has 2 rings (SSSR count). The van der Waals surface area contributed by atoms with E-state index in [0.29, 0.717) is 0 Å². The van der Waals surface area contributed by atoms with E-state index in [1.54, 1.807) is 0 Å². The average Bonchev–Trinajstić information content (AvgIpc) is 2.60. The molecule has 0 fully saturated rings. The van der Waals surface area contributed by atoms with Gasteiger partial charge in [-0.05, 0) is 18.1 Å². The van der Waals surface area contributed by atoms with Crippen molar-refractivity contribution in [3.63, 3.8) is 0 Å². The monoisotopic (exact) mass is 174 g/mol. The predicted octanol–water partition coefficient (Wildman–Crippen LogP) is 2.58. The van der Waals surface area contributed by atoms with Gasteiger partial charge in [0.1, 0.15) is 0 Å². The number of para-hydroxylation sites is 1. The Bertz CT molecular complexity index is 403. The van der Waals surface area contributed by atoms with Crippen molar-refractivity contribution in [2.24, 2.45) is 5.73 Å². The molecule has 0 spiro atoms. The first kappa shape index (κ1) is 8.32. The molecule has 0 radical (unpaired) electrons. The normalized spacial score (nSPS) is 13.4. The molecule has 0 unspecified atom stereocenters. The van der Waals surface area contributed by atoms with E-state index in [0.717, 1.165) is 6.42 Å². The highest BCUT2D eigenvalue weighted by molar-refractivity contribution is 5.83. The van der Waals surface area contributed by atoms with Gasteiger partial charge >= 0.3 is 0 Å². The highest BCUT2D eigenvalue weighted by Crippen LogP contribution is 2.23. The molecule has 0 saturated heterocycles. The van der Waals surface area contributed by atoms with Crippen molar-refractivity contribution in [1.82, 2.24) is 4.98 Å². The largest absolute Gasteiger partial charge is 0.361 e. The number of nitrogens with two attached hydrogens (primary N) is 1. The van der Waals surface area contributed by atoms with Crippen molar-refractivity contribution in [2.45, 2.75) is 19.4 Å². The lowest BCUT2D eigenvalue weighted by molar-refractivity contribution is 0.704. The zero-order valence-electron chi connectivity index (χ0n) is 7.75. The molecule has 0 aliphatic carbocycles. The number of fused-ring (bicyclic) bond motifs is 1. The predicted molar refractivity (Wildman–Crippen MR) is 55.5 cm³/mol. The van der Waals surface area contributed by atoms with Crippen LogP contribution in [0.1, 0.15) is 24.9 Å². The molecule has 1 heterocycles. The Morgan fingerprint density at radius 2 is 2.15 bits per heavy atom. The number of hydrogen-bond acceptors (Lipinski definition) is 1. The molecule has 3 N–H and O–H groups in total. The van der Waals surface area contributed by atoms with Gasteiger partial charge in [0.2, 0.25) is 0 Å². The molecule has 0 saturated carbocycles. The quantitative estimate of drug-likeness (QED) is 0.722. The Balaban J connectivity index is 2.57. The van der Waals surface area contributed by atoms with E-state index < -0.39 is 0 Å². The molecular weight excluding hydrogens is 160 g/mol. The summed E-state index contributed by atoms with van der Waals surface area (Å²) in [7, 11) is 0. The van der Waals surface area contributed by atoms with Gasteiger partial charge in [0, 0.05) is 23.1 Å². The zero-order chi connectivity index (χ0) is 9.26. The fraction of sp³-hybridized carbons (Fsp3) is 0.273. The van der Waals surface area contributed by atoms with Crippen LogP contribution in [0, 0.1) is 0 Å². The maximum atomic E-state index is 5.98. The van der Waals surface area contributed by atoms with Crippen molar-refractivity contribution in [3.8, 4) is 0 Å². The maximum Gasteiger partial charge on any atom is 0.0457 e. The van der Waals surface area contributed by atoms with Crippen LogP contribution in [0.25, 0.3) is 10.9 Å². The number of aromatic nitrogens is 1. The van der Waals surface area contributed by atoms with E-state index >= 15 is 0 Å². The highest BCUT2D eigenvalue weighted by Gasteiger charge is 2.08. The summed E-state index contributed by atoms with van der Waals surface area (Å²) in [4.78, 5) is 3.22. The molecule has 2 nitrogen and oxygen atoms in total. The van der Waals surface area contributed by atoms with Crippen LogP contribution in [-0.4, -0.2) is 4.98 Å². The second-order valence-corrected chi connectivity index (χ2v) is 3.30. The van der Waals surface area contributed by atoms with Crippen LogP contribution in [0.4, 0.5) is 0 Å². The fourth-order valence-corrected chi connectivity index (χ4v) is 1.62. The van der Waals surface area contributed by atoms with Crippen LogP contribution in [0.15, 0.2) is 30.5 Å². The molecule has 0 aliphatic rings. The van der Waals surface area contributed by atoms with Crippen molar-refractivity contribution in [1.29, 1.82) is 0 Å². The van der Waals surface area contributed by atoms with Crippen molar-refractivity contribution in [2.75, 3.05) is 0 Å². The van der Waals surface area contributed by atoms with Crippen LogP contribution < -0.4 is 5.73 Å². The first-order chi connectivity index (χ1) is 6.33. The number of H-pyrrole nitrogens is 1. The Morgan fingerprint density at radius 3 is 2.92 bits per heavy atom. The number of aromatic amines is 1. The van der Waals surface area contributed by atoms with Gasteiger partial charge in [0.25, 0.3) is 0 Å². The SMILES string of the molecule is CC[C@@H](N)c1c[nH]c2ccccc12. The van der Waals surface area contributed by atoms with Crippen LogP contribution in [0.5, 0.6) is 0 Å². The first-order valence-corrected chi connectivity index (χ1v) is 4.64. The summed E-state index contributed by atoms with van der Waals surface area (Å²) in [5, 5.41) is 1.25. The Morgan fingerprint density at radius 1 is 1.38 bits per heavy atom. The molecule has 2 heteroatoms. The van der Waals surface area contributed by atoms with Crippen LogP contribution >= 0.6 is 0 Å². The zero-order valence-corrected chi connectivity index (χ0v) is 7.75. The van der Waals surface area contributed by atoms with Crippen molar-refractivity contribution >= 4 is 10.9 Å². The lowest BCUT2D eigenvalue weighted by Gasteiger charge is -2.06. The number of nitrogens with one attached hydrogen (secondary N) is 1. The van der Waals surface area contributed by atoms with Gasteiger partial charge in [-0.25, -0.2) is 0 Å². The maximum absolute atomic E-state index is 5.98. The van der Waals surface area contributed by atoms with Crippen LogP contribution in [-0.2, 0) is 0 Å². The Kier molecular flexibility index (Phi) is 2.07. The topological polar surface area (TPSA) is 41.8 Å². The van der Waals surface area contributed by atoms with Gasteiger partial charge < -0.3 is 10.7 Å². The minimum absolute atomic E-state index is 0.149. The molecular formula is C11H14N2. The standard InChI is InChI=1S/C11H14N2/c1-2-10(12)9-7-13-11-6-4-3-5-8(9)11/h3-7,10,13H,2,12H2,1H3/t10-/m1/s1. The first-order valence-electron chi connectivity index (χ1n) is 4.64. The number of rotatable bonds is 2. The van der Waals surface area contributed by atoms with Gasteiger partial charge in [-0.1, -0.05) is 25.1 Å². The summed E-state index contributed by atoms with van der Waals surface area (Å²) < 4.78 is 0. The minimum Gasteiger partial charge on any atom is -0.361 e. The van der Waals surface area contributed by atoms with Crippen LogP contribution in [0.3, 0.4) is 0 Å². The third-order valence-corrected chi connectivity index (χ3v) is 2.46. The molecule has 0 amide bonds.